The van der Waals surface area contributed by atoms with Gasteiger partial charge in [-0.05, 0) is 47.9 Å². The number of benzene rings is 2. The highest BCUT2D eigenvalue weighted by Gasteiger charge is 2.52. The van der Waals surface area contributed by atoms with Crippen molar-refractivity contribution in [3.8, 4) is 11.1 Å². The van der Waals surface area contributed by atoms with Crippen molar-refractivity contribution >= 4 is 18.0 Å². The quantitative estimate of drug-likeness (QED) is 0.623. The molecule has 0 aromatic heterocycles. The molecule has 7 nitrogen and oxygen atoms in total. The van der Waals surface area contributed by atoms with Crippen molar-refractivity contribution in [3.63, 3.8) is 0 Å². The van der Waals surface area contributed by atoms with E-state index in [2.05, 4.69) is 34.9 Å². The predicted molar refractivity (Wildman–Crippen MR) is 122 cm³/mol. The summed E-state index contributed by atoms with van der Waals surface area (Å²) in [5.41, 5.74) is 3.50. The molecule has 2 atom stereocenters. The first-order valence-electron chi connectivity index (χ1n) is 11.7. The number of rotatable bonds is 6. The van der Waals surface area contributed by atoms with Gasteiger partial charge in [-0.25, -0.2) is 9.59 Å². The van der Waals surface area contributed by atoms with Gasteiger partial charge in [0, 0.05) is 12.0 Å². The first kappa shape index (κ1) is 21.5. The Morgan fingerprint density at radius 1 is 0.939 bits per heavy atom. The molecular weight excluding hydrogens is 420 g/mol. The minimum atomic E-state index is -1.12. The Labute approximate surface area is 192 Å². The van der Waals surface area contributed by atoms with Crippen LogP contribution in [0.25, 0.3) is 11.1 Å². The zero-order chi connectivity index (χ0) is 23.0. The summed E-state index contributed by atoms with van der Waals surface area (Å²) in [6.45, 7) is 0.214. The predicted octanol–water partition coefficient (Wildman–Crippen LogP) is 3.82. The van der Waals surface area contributed by atoms with Crippen molar-refractivity contribution in [2.45, 2.75) is 56.0 Å². The molecule has 0 radical (unpaired) electrons. The van der Waals surface area contributed by atoms with Crippen LogP contribution in [0.5, 0.6) is 0 Å². The van der Waals surface area contributed by atoms with Gasteiger partial charge in [-0.1, -0.05) is 61.4 Å². The molecule has 7 heteroatoms. The molecule has 3 aliphatic carbocycles. The van der Waals surface area contributed by atoms with E-state index in [1.54, 1.807) is 0 Å². The number of carbonyl (C=O) groups is 3. The molecule has 2 aromatic carbocycles. The topological polar surface area (TPSA) is 105 Å². The average molecular weight is 449 g/mol. The van der Waals surface area contributed by atoms with E-state index < -0.39 is 23.5 Å². The van der Waals surface area contributed by atoms with Crippen LogP contribution in [0.3, 0.4) is 0 Å². The Morgan fingerprint density at radius 3 is 2.15 bits per heavy atom. The van der Waals surface area contributed by atoms with Crippen LogP contribution >= 0.6 is 0 Å². The van der Waals surface area contributed by atoms with Crippen LogP contribution in [0.15, 0.2) is 48.5 Å². The van der Waals surface area contributed by atoms with Crippen LogP contribution in [0.2, 0.25) is 0 Å². The summed E-state index contributed by atoms with van der Waals surface area (Å²) in [6.07, 6.45) is 3.43. The molecule has 0 spiro atoms. The number of carbonyl (C=O) groups excluding carboxylic acids is 2. The third-order valence-corrected chi connectivity index (χ3v) is 7.27. The maximum absolute atomic E-state index is 12.8. The van der Waals surface area contributed by atoms with Crippen molar-refractivity contribution in [3.05, 3.63) is 59.7 Å². The van der Waals surface area contributed by atoms with Crippen LogP contribution in [0.4, 0.5) is 4.79 Å². The minimum absolute atomic E-state index is 0.0288. The molecule has 33 heavy (non-hydrogen) atoms. The normalized spacial score (nSPS) is 22.5. The lowest BCUT2D eigenvalue weighted by Crippen LogP contribution is -2.52. The Balaban J connectivity index is 1.22. The van der Waals surface area contributed by atoms with Gasteiger partial charge in [-0.15, -0.1) is 0 Å². The first-order chi connectivity index (χ1) is 16.0. The molecule has 0 bridgehead atoms. The smallest absolute Gasteiger partial charge is 0.407 e. The second kappa shape index (κ2) is 8.54. The third-order valence-electron chi connectivity index (χ3n) is 7.27. The fourth-order valence-electron chi connectivity index (χ4n) is 5.25. The van der Waals surface area contributed by atoms with Gasteiger partial charge in [-0.2, -0.15) is 0 Å². The molecule has 5 rings (SSSR count). The van der Waals surface area contributed by atoms with E-state index in [4.69, 9.17) is 4.74 Å². The molecule has 2 fully saturated rings. The van der Waals surface area contributed by atoms with E-state index in [9.17, 15) is 19.5 Å². The van der Waals surface area contributed by atoms with E-state index in [0.717, 1.165) is 24.0 Å². The zero-order valence-electron chi connectivity index (χ0n) is 18.4. The second-order valence-corrected chi connectivity index (χ2v) is 9.34. The number of alkyl carbamates (subject to hydrolysis) is 1. The summed E-state index contributed by atoms with van der Waals surface area (Å²) in [6, 6.07) is 16.0. The van der Waals surface area contributed by atoms with Gasteiger partial charge in [0.15, 0.2) is 0 Å². The van der Waals surface area contributed by atoms with Gasteiger partial charge in [-0.3, -0.25) is 4.79 Å². The van der Waals surface area contributed by atoms with Crippen molar-refractivity contribution in [2.75, 3.05) is 6.61 Å². The van der Waals surface area contributed by atoms with Crippen LogP contribution in [0.1, 0.15) is 55.6 Å². The number of nitrogens with one attached hydrogen (secondary N) is 2. The number of fused-ring (bicyclic) bond motifs is 3. The largest absolute Gasteiger partial charge is 0.480 e. The van der Waals surface area contributed by atoms with Gasteiger partial charge < -0.3 is 20.5 Å². The summed E-state index contributed by atoms with van der Waals surface area (Å²) in [7, 11) is 0. The van der Waals surface area contributed by atoms with Crippen LogP contribution in [-0.2, 0) is 14.3 Å². The maximum atomic E-state index is 12.8. The number of carboxylic acids is 1. The SMILES string of the molecule is O=C(NC1CCCCC1C(=O)NC1(C(=O)O)CC1)OCC1c2ccccc2-c2ccccc21. The molecule has 2 saturated carbocycles. The van der Waals surface area contributed by atoms with Gasteiger partial charge in [0.05, 0.1) is 5.92 Å². The number of hydrogen-bond donors (Lipinski definition) is 3. The minimum Gasteiger partial charge on any atom is -0.480 e. The van der Waals surface area contributed by atoms with E-state index in [1.165, 1.54) is 11.1 Å². The fourth-order valence-corrected chi connectivity index (χ4v) is 5.25. The number of amides is 2. The Bertz CT molecular complexity index is 1050. The highest BCUT2D eigenvalue weighted by atomic mass is 16.5. The number of aliphatic carboxylic acids is 1. The lowest BCUT2D eigenvalue weighted by Gasteiger charge is -2.32. The Hall–Kier alpha value is -3.35. The standard InChI is InChI=1S/C26H28N2O5/c29-23(28-26(13-14-26)24(30)31)20-11-5-6-12-22(20)27-25(32)33-15-21-18-9-3-1-7-16(18)17-8-2-4-10-19(17)21/h1-4,7-10,20-22H,5-6,11-15H2,(H,27,32)(H,28,29)(H,30,31). The van der Waals surface area contributed by atoms with Crippen molar-refractivity contribution in [1.82, 2.24) is 10.6 Å². The number of hydrogen-bond acceptors (Lipinski definition) is 4. The molecule has 0 saturated heterocycles. The Kier molecular flexibility index (Phi) is 5.56. The lowest BCUT2D eigenvalue weighted by atomic mass is 9.83. The van der Waals surface area contributed by atoms with Crippen LogP contribution < -0.4 is 10.6 Å². The number of carboxylic acid groups (broad SMARTS) is 1. The van der Waals surface area contributed by atoms with Gasteiger partial charge in [0.25, 0.3) is 0 Å². The second-order valence-electron chi connectivity index (χ2n) is 9.34. The summed E-state index contributed by atoms with van der Waals surface area (Å²) < 4.78 is 5.65. The van der Waals surface area contributed by atoms with E-state index in [0.29, 0.717) is 25.7 Å². The maximum Gasteiger partial charge on any atom is 0.407 e. The van der Waals surface area contributed by atoms with Crippen molar-refractivity contribution < 1.29 is 24.2 Å². The fraction of sp³-hybridized carbons (Fsp3) is 0.423. The van der Waals surface area contributed by atoms with Crippen molar-refractivity contribution in [1.29, 1.82) is 0 Å². The first-order valence-corrected chi connectivity index (χ1v) is 11.7. The molecule has 2 amide bonds. The molecule has 2 unspecified atom stereocenters. The average Bonchev–Trinajstić information content (AvgIpc) is 3.54. The lowest BCUT2D eigenvalue weighted by molar-refractivity contribution is -0.144. The van der Waals surface area contributed by atoms with Crippen LogP contribution in [-0.4, -0.2) is 41.3 Å². The molecule has 3 N–H and O–H groups in total. The summed E-state index contributed by atoms with van der Waals surface area (Å²) >= 11 is 0. The van der Waals surface area contributed by atoms with Crippen LogP contribution in [0, 0.1) is 5.92 Å². The van der Waals surface area contributed by atoms with Gasteiger partial charge in [0.1, 0.15) is 12.1 Å². The number of ether oxygens (including phenoxy) is 1. The van der Waals surface area contributed by atoms with Gasteiger partial charge in [0.2, 0.25) is 5.91 Å². The molecular formula is C26H28N2O5. The van der Waals surface area contributed by atoms with E-state index in [-0.39, 0.29) is 24.5 Å². The van der Waals surface area contributed by atoms with Gasteiger partial charge >= 0.3 is 12.1 Å². The molecule has 3 aliphatic rings. The summed E-state index contributed by atoms with van der Waals surface area (Å²) in [5.74, 6) is -1.76. The summed E-state index contributed by atoms with van der Waals surface area (Å²) in [5, 5.41) is 15.0. The molecule has 2 aromatic rings. The monoisotopic (exact) mass is 448 g/mol. The Morgan fingerprint density at radius 2 is 1.55 bits per heavy atom. The highest BCUT2D eigenvalue weighted by Crippen LogP contribution is 2.44. The summed E-state index contributed by atoms with van der Waals surface area (Å²) in [4.78, 5) is 37.0. The highest BCUT2D eigenvalue weighted by molar-refractivity contribution is 5.91. The third kappa shape index (κ3) is 4.08. The van der Waals surface area contributed by atoms with Crippen molar-refractivity contribution in [2.24, 2.45) is 5.92 Å². The van der Waals surface area contributed by atoms with E-state index >= 15 is 0 Å². The molecule has 0 heterocycles. The van der Waals surface area contributed by atoms with E-state index in [1.807, 2.05) is 24.3 Å². The molecule has 0 aliphatic heterocycles. The zero-order valence-corrected chi connectivity index (χ0v) is 18.4. The molecule has 172 valence electrons.